The first-order valence-corrected chi connectivity index (χ1v) is 9.38. The average molecular weight is 358 g/mol. The van der Waals surface area contributed by atoms with Crippen LogP contribution in [0.3, 0.4) is 0 Å². The fraction of sp³-hybridized carbons (Fsp3) is 0.733. The molecule has 0 aromatic carbocycles. The van der Waals surface area contributed by atoms with Crippen LogP contribution in [-0.2, 0) is 0 Å². The number of thiophene rings is 1. The Morgan fingerprint density at radius 3 is 2.50 bits per heavy atom. The molecular formula is C15H24BrN3S. The highest BCUT2D eigenvalue weighted by Gasteiger charge is 2.30. The van der Waals surface area contributed by atoms with Gasteiger partial charge in [-0.15, -0.1) is 11.3 Å². The van der Waals surface area contributed by atoms with Gasteiger partial charge in [0, 0.05) is 48.1 Å². The van der Waals surface area contributed by atoms with Gasteiger partial charge in [-0.3, -0.25) is 9.80 Å². The number of hydrogen-bond donors (Lipinski definition) is 1. The lowest BCUT2D eigenvalue weighted by molar-refractivity contribution is 0.0730. The standard InChI is InChI=1S/C15H24BrN3S/c16-13-5-10-20-15(13)14(11-17)19-8-6-18(7-9-19)12-3-1-2-4-12/h5,10,12,14H,1-4,6-9,11,17H2. The molecular weight excluding hydrogens is 334 g/mol. The van der Waals surface area contributed by atoms with Gasteiger partial charge in [-0.2, -0.15) is 0 Å². The van der Waals surface area contributed by atoms with E-state index in [9.17, 15) is 0 Å². The Morgan fingerprint density at radius 2 is 1.95 bits per heavy atom. The monoisotopic (exact) mass is 357 g/mol. The van der Waals surface area contributed by atoms with Crippen LogP contribution in [0, 0.1) is 0 Å². The van der Waals surface area contributed by atoms with E-state index in [-0.39, 0.29) is 0 Å². The molecule has 2 N–H and O–H groups in total. The van der Waals surface area contributed by atoms with Crippen molar-refractivity contribution in [1.82, 2.24) is 9.80 Å². The Morgan fingerprint density at radius 1 is 1.25 bits per heavy atom. The van der Waals surface area contributed by atoms with Crippen molar-refractivity contribution in [3.05, 3.63) is 20.8 Å². The minimum atomic E-state index is 0.384. The van der Waals surface area contributed by atoms with Gasteiger partial charge in [0.1, 0.15) is 0 Å². The quantitative estimate of drug-likeness (QED) is 0.898. The second kappa shape index (κ2) is 6.88. The zero-order valence-corrected chi connectivity index (χ0v) is 14.3. The van der Waals surface area contributed by atoms with Gasteiger partial charge in [-0.1, -0.05) is 12.8 Å². The summed E-state index contributed by atoms with van der Waals surface area (Å²) in [6, 6.07) is 3.38. The van der Waals surface area contributed by atoms with E-state index >= 15 is 0 Å². The normalized spacial score (nSPS) is 24.3. The smallest absolute Gasteiger partial charge is 0.0576 e. The predicted molar refractivity (Wildman–Crippen MR) is 89.2 cm³/mol. The zero-order valence-electron chi connectivity index (χ0n) is 11.9. The maximum Gasteiger partial charge on any atom is 0.0576 e. The third kappa shape index (κ3) is 3.12. The van der Waals surface area contributed by atoms with E-state index in [1.165, 1.54) is 48.1 Å². The topological polar surface area (TPSA) is 32.5 Å². The molecule has 2 fully saturated rings. The molecule has 2 aliphatic rings. The number of nitrogens with two attached hydrogens (primary N) is 1. The van der Waals surface area contributed by atoms with Gasteiger partial charge in [0.05, 0.1) is 6.04 Å². The fourth-order valence-electron chi connectivity index (χ4n) is 3.65. The van der Waals surface area contributed by atoms with Crippen molar-refractivity contribution in [2.24, 2.45) is 5.73 Å². The largest absolute Gasteiger partial charge is 0.329 e. The molecule has 1 aromatic rings. The zero-order chi connectivity index (χ0) is 13.9. The first-order valence-electron chi connectivity index (χ1n) is 7.70. The maximum atomic E-state index is 6.05. The summed E-state index contributed by atoms with van der Waals surface area (Å²) in [5.41, 5.74) is 6.05. The van der Waals surface area contributed by atoms with Crippen molar-refractivity contribution in [3.63, 3.8) is 0 Å². The summed E-state index contributed by atoms with van der Waals surface area (Å²) in [5.74, 6) is 0. The number of hydrogen-bond acceptors (Lipinski definition) is 4. The molecule has 1 saturated carbocycles. The number of halogens is 1. The van der Waals surface area contributed by atoms with Crippen LogP contribution in [0.15, 0.2) is 15.9 Å². The molecule has 112 valence electrons. The fourth-order valence-corrected chi connectivity index (χ4v) is 5.43. The van der Waals surface area contributed by atoms with E-state index in [1.54, 1.807) is 0 Å². The van der Waals surface area contributed by atoms with Crippen molar-refractivity contribution in [1.29, 1.82) is 0 Å². The molecule has 0 bridgehead atoms. The number of nitrogens with zero attached hydrogens (tertiary/aromatic N) is 2. The van der Waals surface area contributed by atoms with E-state index in [1.807, 2.05) is 11.3 Å². The van der Waals surface area contributed by atoms with Crippen LogP contribution >= 0.6 is 27.3 Å². The molecule has 0 spiro atoms. The van der Waals surface area contributed by atoms with Crippen LogP contribution in [0.2, 0.25) is 0 Å². The van der Waals surface area contributed by atoms with Crippen molar-refractivity contribution in [2.45, 2.75) is 37.8 Å². The lowest BCUT2D eigenvalue weighted by Crippen LogP contribution is -2.51. The second-order valence-corrected chi connectivity index (χ2v) is 7.70. The Labute approximate surface area is 134 Å². The maximum absolute atomic E-state index is 6.05. The van der Waals surface area contributed by atoms with Crippen LogP contribution in [0.25, 0.3) is 0 Å². The van der Waals surface area contributed by atoms with Crippen LogP contribution in [0.1, 0.15) is 36.6 Å². The summed E-state index contributed by atoms with van der Waals surface area (Å²) >= 11 is 5.48. The Hall–Kier alpha value is 0.0600. The predicted octanol–water partition coefficient (Wildman–Crippen LogP) is 3.07. The molecule has 1 unspecified atom stereocenters. The third-order valence-corrected chi connectivity index (χ3v) is 6.77. The first-order chi connectivity index (χ1) is 9.79. The van der Waals surface area contributed by atoms with Gasteiger partial charge in [0.15, 0.2) is 0 Å². The van der Waals surface area contributed by atoms with E-state index in [2.05, 4.69) is 37.2 Å². The summed E-state index contributed by atoms with van der Waals surface area (Å²) in [5, 5.41) is 2.15. The molecule has 1 aliphatic heterocycles. The summed E-state index contributed by atoms with van der Waals surface area (Å²) in [6.45, 7) is 5.45. The molecule has 2 heterocycles. The first kappa shape index (κ1) is 15.0. The Balaban J connectivity index is 1.60. The van der Waals surface area contributed by atoms with Gasteiger partial charge in [0.2, 0.25) is 0 Å². The highest BCUT2D eigenvalue weighted by Crippen LogP contribution is 2.33. The lowest BCUT2D eigenvalue weighted by atomic mass is 10.1. The van der Waals surface area contributed by atoms with Gasteiger partial charge in [-0.25, -0.2) is 0 Å². The summed E-state index contributed by atoms with van der Waals surface area (Å²) in [4.78, 5) is 6.67. The van der Waals surface area contributed by atoms with Gasteiger partial charge in [0.25, 0.3) is 0 Å². The molecule has 1 aromatic heterocycles. The van der Waals surface area contributed by atoms with E-state index in [0.29, 0.717) is 12.6 Å². The molecule has 1 saturated heterocycles. The van der Waals surface area contributed by atoms with Crippen molar-refractivity contribution < 1.29 is 0 Å². The number of piperazine rings is 1. The van der Waals surface area contributed by atoms with E-state index in [4.69, 9.17) is 5.73 Å². The van der Waals surface area contributed by atoms with Gasteiger partial charge >= 0.3 is 0 Å². The highest BCUT2D eigenvalue weighted by atomic mass is 79.9. The van der Waals surface area contributed by atoms with E-state index in [0.717, 1.165) is 19.1 Å². The van der Waals surface area contributed by atoms with Gasteiger partial charge < -0.3 is 5.73 Å². The molecule has 3 rings (SSSR count). The van der Waals surface area contributed by atoms with Crippen LogP contribution < -0.4 is 5.73 Å². The van der Waals surface area contributed by atoms with Crippen LogP contribution in [0.5, 0.6) is 0 Å². The molecule has 20 heavy (non-hydrogen) atoms. The van der Waals surface area contributed by atoms with Crippen LogP contribution in [-0.4, -0.2) is 48.6 Å². The van der Waals surface area contributed by atoms with E-state index < -0.39 is 0 Å². The summed E-state index contributed by atoms with van der Waals surface area (Å²) < 4.78 is 1.22. The average Bonchev–Trinajstić information content (AvgIpc) is 3.13. The Bertz CT molecular complexity index is 423. The second-order valence-electron chi connectivity index (χ2n) is 5.89. The third-order valence-electron chi connectivity index (χ3n) is 4.80. The number of rotatable bonds is 4. The van der Waals surface area contributed by atoms with Crippen molar-refractivity contribution in [2.75, 3.05) is 32.7 Å². The Kier molecular flexibility index (Phi) is 5.15. The molecule has 1 aliphatic carbocycles. The summed E-state index contributed by atoms with van der Waals surface area (Å²) in [6.07, 6.45) is 5.68. The van der Waals surface area contributed by atoms with Crippen LogP contribution in [0.4, 0.5) is 0 Å². The molecule has 0 amide bonds. The van der Waals surface area contributed by atoms with Crippen molar-refractivity contribution >= 4 is 27.3 Å². The highest BCUT2D eigenvalue weighted by molar-refractivity contribution is 9.10. The van der Waals surface area contributed by atoms with Gasteiger partial charge in [-0.05, 0) is 40.2 Å². The molecule has 5 heteroatoms. The summed E-state index contributed by atoms with van der Waals surface area (Å²) in [7, 11) is 0. The molecule has 0 radical (unpaired) electrons. The molecule has 3 nitrogen and oxygen atoms in total. The lowest BCUT2D eigenvalue weighted by Gasteiger charge is -2.41. The molecule has 1 atom stereocenters. The minimum Gasteiger partial charge on any atom is -0.329 e. The van der Waals surface area contributed by atoms with Crippen molar-refractivity contribution in [3.8, 4) is 0 Å². The SMILES string of the molecule is NCC(c1sccc1Br)N1CCN(C2CCCC2)CC1. The minimum absolute atomic E-state index is 0.384.